The molecular formula is C23H24IN4O10P. The molecule has 2 saturated heterocycles. The average molecular weight is 674 g/mol. The number of nitrogens with two attached hydrogens (primary N) is 1. The fourth-order valence-electron chi connectivity index (χ4n) is 4.96. The van der Waals surface area contributed by atoms with Crippen LogP contribution in [0.15, 0.2) is 41.3 Å². The SMILES string of the molecule is NC(=O)c1cn2c(c(OCOC(=O)O[I-]O[P+](=O)OCc3ccccc3)c1=O)C(=O)N1CC3CCCN3C1C2. The van der Waals surface area contributed by atoms with Gasteiger partial charge in [-0.05, 0) is 6.42 Å². The summed E-state index contributed by atoms with van der Waals surface area (Å²) in [7, 11) is -2.52. The first kappa shape index (κ1) is 27.5. The first-order valence-corrected chi connectivity index (χ1v) is 14.8. The van der Waals surface area contributed by atoms with Crippen LogP contribution >= 0.6 is 8.25 Å². The van der Waals surface area contributed by atoms with E-state index in [0.717, 1.165) is 24.9 Å². The molecule has 0 spiro atoms. The number of halogens is 1. The van der Waals surface area contributed by atoms with Gasteiger partial charge in [-0.15, -0.1) is 0 Å². The van der Waals surface area contributed by atoms with Crippen molar-refractivity contribution in [2.75, 3.05) is 19.9 Å². The molecule has 2 amide bonds. The third kappa shape index (κ3) is 5.91. The van der Waals surface area contributed by atoms with Gasteiger partial charge in [0.25, 0.3) is 0 Å². The summed E-state index contributed by atoms with van der Waals surface area (Å²) >= 11 is -1.79. The summed E-state index contributed by atoms with van der Waals surface area (Å²) in [5, 5.41) is 0. The van der Waals surface area contributed by atoms with Crippen LogP contribution in [0.25, 0.3) is 0 Å². The Morgan fingerprint density at radius 3 is 2.72 bits per heavy atom. The Hall–Kier alpha value is -3.11. The number of aromatic nitrogens is 1. The van der Waals surface area contributed by atoms with Crippen molar-refractivity contribution < 1.29 is 60.9 Å². The Morgan fingerprint density at radius 2 is 1.95 bits per heavy atom. The van der Waals surface area contributed by atoms with Crippen LogP contribution in [0, 0.1) is 0 Å². The molecule has 0 bridgehead atoms. The predicted molar refractivity (Wildman–Crippen MR) is 127 cm³/mol. The van der Waals surface area contributed by atoms with Crippen molar-refractivity contribution in [3.05, 3.63) is 63.6 Å². The molecule has 2 fully saturated rings. The third-order valence-corrected chi connectivity index (χ3v) is 9.13. The van der Waals surface area contributed by atoms with Crippen molar-refractivity contribution in [2.24, 2.45) is 5.73 Å². The minimum absolute atomic E-state index is 0.0530. The summed E-state index contributed by atoms with van der Waals surface area (Å²) in [6.07, 6.45) is 1.87. The number of carbonyl (C=O) groups excluding carboxylic acids is 3. The summed E-state index contributed by atoms with van der Waals surface area (Å²) < 4.78 is 38.2. The van der Waals surface area contributed by atoms with Gasteiger partial charge in [-0.3, -0.25) is 0 Å². The minimum atomic E-state index is -2.52. The first-order valence-electron chi connectivity index (χ1n) is 11.9. The van der Waals surface area contributed by atoms with Crippen molar-refractivity contribution in [3.63, 3.8) is 0 Å². The Balaban J connectivity index is 1.18. The van der Waals surface area contributed by atoms with Crippen LogP contribution in [0.3, 0.4) is 0 Å². The molecular weight excluding hydrogens is 650 g/mol. The van der Waals surface area contributed by atoms with Crippen molar-refractivity contribution >= 4 is 26.2 Å². The van der Waals surface area contributed by atoms with E-state index in [-0.39, 0.29) is 30.1 Å². The first-order chi connectivity index (χ1) is 18.8. The summed E-state index contributed by atoms with van der Waals surface area (Å²) in [4.78, 5) is 54.1. The van der Waals surface area contributed by atoms with Crippen molar-refractivity contribution in [1.29, 1.82) is 0 Å². The van der Waals surface area contributed by atoms with Crippen LogP contribution in [0.4, 0.5) is 4.79 Å². The number of benzene rings is 1. The maximum absolute atomic E-state index is 13.4. The van der Waals surface area contributed by atoms with Gasteiger partial charge >= 0.3 is 228 Å². The Bertz CT molecular complexity index is 1360. The molecule has 3 aliphatic rings. The van der Waals surface area contributed by atoms with Crippen molar-refractivity contribution in [3.8, 4) is 5.75 Å². The molecule has 4 heterocycles. The van der Waals surface area contributed by atoms with E-state index in [4.69, 9.17) is 25.7 Å². The van der Waals surface area contributed by atoms with E-state index in [9.17, 15) is 23.7 Å². The number of hydrogen-bond donors (Lipinski definition) is 1. The standard InChI is InChI=1S/C23H24IN4O10P/c25-21(30)16-10-26-11-17-27-8-4-7-15(27)9-28(17)22(31)18(26)20(19(16)29)34-13-35-23(32)37-24-38-39(33)36-12-14-5-2-1-3-6-14/h1-3,5-6,10,15,17H,4,7-9,11-13H2,(H2,25,30). The van der Waals surface area contributed by atoms with Crippen LogP contribution in [-0.4, -0.2) is 64.4 Å². The fraction of sp³-hybridized carbons (Fsp3) is 0.391. The summed E-state index contributed by atoms with van der Waals surface area (Å²) in [5.74, 6) is -1.85. The molecule has 3 atom stereocenters. The number of fused-ring (bicyclic) bond motifs is 4. The monoisotopic (exact) mass is 674 g/mol. The van der Waals surface area contributed by atoms with Crippen LogP contribution < -0.4 is 37.9 Å². The van der Waals surface area contributed by atoms with E-state index >= 15 is 0 Å². The number of pyridine rings is 1. The van der Waals surface area contributed by atoms with Gasteiger partial charge in [-0.1, -0.05) is 0 Å². The molecule has 0 radical (unpaired) electrons. The zero-order valence-corrected chi connectivity index (χ0v) is 23.4. The molecule has 1 aromatic carbocycles. The van der Waals surface area contributed by atoms with Gasteiger partial charge in [0.2, 0.25) is 0 Å². The van der Waals surface area contributed by atoms with Crippen molar-refractivity contribution in [2.45, 2.75) is 38.2 Å². The summed E-state index contributed by atoms with van der Waals surface area (Å²) in [6, 6.07) is 9.25. The van der Waals surface area contributed by atoms with Crippen LogP contribution in [0.5, 0.6) is 5.75 Å². The van der Waals surface area contributed by atoms with Gasteiger partial charge in [0, 0.05) is 0 Å². The molecule has 39 heavy (non-hydrogen) atoms. The Morgan fingerprint density at radius 1 is 1.15 bits per heavy atom. The normalized spacial score (nSPS) is 20.3. The van der Waals surface area contributed by atoms with Crippen LogP contribution in [0.1, 0.15) is 39.3 Å². The quantitative estimate of drug-likeness (QED) is 0.135. The van der Waals surface area contributed by atoms with Crippen LogP contribution in [0.2, 0.25) is 0 Å². The fourth-order valence-corrected chi connectivity index (χ4v) is 6.58. The van der Waals surface area contributed by atoms with E-state index < -0.39 is 66.2 Å². The van der Waals surface area contributed by atoms with E-state index in [1.807, 2.05) is 6.07 Å². The van der Waals surface area contributed by atoms with Crippen LogP contribution in [-0.2, 0) is 32.9 Å². The number of rotatable bonds is 10. The Labute approximate surface area is 234 Å². The molecule has 5 rings (SSSR count). The second-order valence-electron chi connectivity index (χ2n) is 8.89. The number of ether oxygens (including phenoxy) is 2. The zero-order valence-electron chi connectivity index (χ0n) is 20.4. The van der Waals surface area contributed by atoms with E-state index in [1.165, 1.54) is 10.8 Å². The number of nitrogens with zero attached hydrogens (tertiary/aromatic N) is 3. The molecule has 3 aliphatic heterocycles. The van der Waals surface area contributed by atoms with E-state index in [0.29, 0.717) is 13.1 Å². The van der Waals surface area contributed by atoms with Gasteiger partial charge in [-0.25, -0.2) is 0 Å². The average Bonchev–Trinajstić information content (AvgIpc) is 3.52. The molecule has 0 aliphatic carbocycles. The van der Waals surface area contributed by atoms with Gasteiger partial charge < -0.3 is 0 Å². The summed E-state index contributed by atoms with van der Waals surface area (Å²) in [5.41, 5.74) is 4.88. The molecule has 2 N–H and O–H groups in total. The second-order valence-corrected chi connectivity index (χ2v) is 11.7. The van der Waals surface area contributed by atoms with E-state index in [2.05, 4.69) is 4.90 Å². The van der Waals surface area contributed by atoms with Gasteiger partial charge in [-0.2, -0.15) is 0 Å². The molecule has 16 heteroatoms. The summed E-state index contributed by atoms with van der Waals surface area (Å²) in [6.45, 7) is 0.964. The Kier molecular flexibility index (Phi) is 8.42. The van der Waals surface area contributed by atoms with Gasteiger partial charge in [0.1, 0.15) is 0 Å². The third-order valence-electron chi connectivity index (χ3n) is 6.64. The van der Waals surface area contributed by atoms with Gasteiger partial charge in [0.15, 0.2) is 0 Å². The molecule has 3 unspecified atom stereocenters. The molecule has 208 valence electrons. The van der Waals surface area contributed by atoms with E-state index in [1.54, 1.807) is 29.2 Å². The molecule has 1 aromatic heterocycles. The number of amides is 2. The number of primary amides is 1. The van der Waals surface area contributed by atoms with Crippen molar-refractivity contribution in [1.82, 2.24) is 14.4 Å². The number of carbonyl (C=O) groups is 3. The molecule has 2 aromatic rings. The molecule has 14 nitrogen and oxygen atoms in total. The maximum atomic E-state index is 13.4. The topological polar surface area (TPSA) is 169 Å². The predicted octanol–water partition coefficient (Wildman–Crippen LogP) is -1.49. The second kappa shape index (κ2) is 12.0. The number of hydrogen-bond acceptors (Lipinski definition) is 11. The van der Waals surface area contributed by atoms with Gasteiger partial charge in [0.05, 0.1) is 0 Å². The molecule has 0 saturated carbocycles. The zero-order chi connectivity index (χ0) is 27.5.